The number of ether oxygens (including phenoxy) is 1. The minimum Gasteiger partial charge on any atom is -0.489 e. The van der Waals surface area contributed by atoms with Gasteiger partial charge in [-0.05, 0) is 29.8 Å². The van der Waals surface area contributed by atoms with Crippen molar-refractivity contribution in [1.82, 2.24) is 10.2 Å². The number of hydrogen-bond acceptors (Lipinski definition) is 3. The first-order valence-electron chi connectivity index (χ1n) is 7.60. The van der Waals surface area contributed by atoms with Crippen molar-refractivity contribution in [2.75, 3.05) is 26.2 Å². The first kappa shape index (κ1) is 14.6. The smallest absolute Gasteiger partial charge is 0.253 e. The van der Waals surface area contributed by atoms with E-state index in [-0.39, 0.29) is 5.91 Å². The second-order valence-corrected chi connectivity index (χ2v) is 5.34. The summed E-state index contributed by atoms with van der Waals surface area (Å²) < 4.78 is 5.74. The summed E-state index contributed by atoms with van der Waals surface area (Å²) in [4.78, 5) is 14.4. The predicted molar refractivity (Wildman–Crippen MR) is 86.0 cm³/mol. The number of nitrogens with one attached hydrogen (secondary N) is 1. The van der Waals surface area contributed by atoms with Crippen molar-refractivity contribution < 1.29 is 9.53 Å². The van der Waals surface area contributed by atoms with Crippen molar-refractivity contribution in [3.63, 3.8) is 0 Å². The lowest BCUT2D eigenvalue weighted by atomic mass is 10.1. The van der Waals surface area contributed by atoms with E-state index in [1.165, 1.54) is 0 Å². The van der Waals surface area contributed by atoms with E-state index in [0.29, 0.717) is 6.61 Å². The van der Waals surface area contributed by atoms with E-state index in [9.17, 15) is 4.79 Å². The zero-order chi connectivity index (χ0) is 15.2. The third-order valence-corrected chi connectivity index (χ3v) is 3.73. The fourth-order valence-electron chi connectivity index (χ4n) is 2.53. The molecule has 114 valence electrons. The van der Waals surface area contributed by atoms with Crippen LogP contribution in [-0.2, 0) is 6.61 Å². The number of carbonyl (C=O) groups is 1. The molecule has 3 rings (SSSR count). The van der Waals surface area contributed by atoms with Gasteiger partial charge in [0.15, 0.2) is 0 Å². The van der Waals surface area contributed by atoms with Crippen LogP contribution in [0.4, 0.5) is 0 Å². The summed E-state index contributed by atoms with van der Waals surface area (Å²) in [6.45, 7) is 3.73. The largest absolute Gasteiger partial charge is 0.489 e. The van der Waals surface area contributed by atoms with Crippen LogP contribution in [0.15, 0.2) is 54.6 Å². The molecule has 0 aliphatic carbocycles. The maximum Gasteiger partial charge on any atom is 0.253 e. The first-order chi connectivity index (χ1) is 10.8. The van der Waals surface area contributed by atoms with Gasteiger partial charge in [0.05, 0.1) is 0 Å². The van der Waals surface area contributed by atoms with Crippen LogP contribution in [0.2, 0.25) is 0 Å². The molecule has 2 aromatic carbocycles. The number of carbonyl (C=O) groups excluding carboxylic acids is 1. The van der Waals surface area contributed by atoms with Crippen molar-refractivity contribution in [1.29, 1.82) is 0 Å². The molecule has 2 aromatic rings. The highest BCUT2D eigenvalue weighted by Gasteiger charge is 2.17. The van der Waals surface area contributed by atoms with Crippen LogP contribution in [0, 0.1) is 0 Å². The fourth-order valence-corrected chi connectivity index (χ4v) is 2.53. The normalized spacial score (nSPS) is 14.6. The molecule has 1 saturated heterocycles. The number of benzene rings is 2. The lowest BCUT2D eigenvalue weighted by molar-refractivity contribution is 0.0735. The zero-order valence-electron chi connectivity index (χ0n) is 12.5. The molecule has 1 N–H and O–H groups in total. The quantitative estimate of drug-likeness (QED) is 0.941. The second-order valence-electron chi connectivity index (χ2n) is 5.34. The van der Waals surface area contributed by atoms with Crippen LogP contribution < -0.4 is 10.1 Å². The molecule has 1 aliphatic heterocycles. The van der Waals surface area contributed by atoms with Crippen molar-refractivity contribution >= 4 is 5.91 Å². The van der Waals surface area contributed by atoms with Gasteiger partial charge in [0, 0.05) is 31.7 Å². The van der Waals surface area contributed by atoms with Crippen LogP contribution in [0.25, 0.3) is 0 Å². The Kier molecular flexibility index (Phi) is 4.71. The van der Waals surface area contributed by atoms with Gasteiger partial charge in [0.2, 0.25) is 0 Å². The van der Waals surface area contributed by atoms with Crippen LogP contribution >= 0.6 is 0 Å². The Morgan fingerprint density at radius 3 is 2.59 bits per heavy atom. The molecule has 0 bridgehead atoms. The SMILES string of the molecule is O=C(c1cccc(COc2ccccc2)c1)N1CCNCC1. The number of rotatable bonds is 4. The molecule has 0 spiro atoms. The van der Waals surface area contributed by atoms with E-state index in [4.69, 9.17) is 4.74 Å². The van der Waals surface area contributed by atoms with Gasteiger partial charge in [0.1, 0.15) is 12.4 Å². The van der Waals surface area contributed by atoms with E-state index in [2.05, 4.69) is 5.32 Å². The molecular formula is C18H20N2O2. The van der Waals surface area contributed by atoms with Gasteiger partial charge in [-0.3, -0.25) is 4.79 Å². The topological polar surface area (TPSA) is 41.6 Å². The minimum atomic E-state index is 0.100. The van der Waals surface area contributed by atoms with Crippen molar-refractivity contribution in [2.24, 2.45) is 0 Å². The molecule has 1 heterocycles. The highest BCUT2D eigenvalue weighted by atomic mass is 16.5. The summed E-state index contributed by atoms with van der Waals surface area (Å²) in [5, 5.41) is 3.26. The lowest BCUT2D eigenvalue weighted by Crippen LogP contribution is -2.46. The van der Waals surface area contributed by atoms with Crippen LogP contribution in [0.3, 0.4) is 0 Å². The molecule has 4 nitrogen and oxygen atoms in total. The van der Waals surface area contributed by atoms with Gasteiger partial charge in [-0.25, -0.2) is 0 Å². The summed E-state index contributed by atoms with van der Waals surface area (Å²) >= 11 is 0. The Balaban J connectivity index is 1.65. The molecule has 1 aliphatic rings. The number of amides is 1. The van der Waals surface area contributed by atoms with Gasteiger partial charge in [-0.15, -0.1) is 0 Å². The van der Waals surface area contributed by atoms with E-state index < -0.39 is 0 Å². The second kappa shape index (κ2) is 7.09. The summed E-state index contributed by atoms with van der Waals surface area (Å²) in [6, 6.07) is 17.4. The monoisotopic (exact) mass is 296 g/mol. The van der Waals surface area contributed by atoms with E-state index in [0.717, 1.165) is 43.1 Å². The molecule has 0 saturated carbocycles. The first-order valence-corrected chi connectivity index (χ1v) is 7.60. The van der Waals surface area contributed by atoms with Gasteiger partial charge >= 0.3 is 0 Å². The third kappa shape index (κ3) is 3.65. The highest BCUT2D eigenvalue weighted by molar-refractivity contribution is 5.94. The van der Waals surface area contributed by atoms with E-state index in [1.54, 1.807) is 0 Å². The Labute approximate surface area is 130 Å². The third-order valence-electron chi connectivity index (χ3n) is 3.73. The Morgan fingerprint density at radius 1 is 1.05 bits per heavy atom. The summed E-state index contributed by atoms with van der Waals surface area (Å²) in [5.74, 6) is 0.935. The van der Waals surface area contributed by atoms with Gasteiger partial charge in [-0.2, -0.15) is 0 Å². The molecule has 0 radical (unpaired) electrons. The van der Waals surface area contributed by atoms with Crippen molar-refractivity contribution in [3.8, 4) is 5.75 Å². The van der Waals surface area contributed by atoms with Gasteiger partial charge in [-0.1, -0.05) is 30.3 Å². The molecular weight excluding hydrogens is 276 g/mol. The fraction of sp³-hybridized carbons (Fsp3) is 0.278. The predicted octanol–water partition coefficient (Wildman–Crippen LogP) is 2.31. The molecule has 1 fully saturated rings. The molecule has 0 unspecified atom stereocenters. The zero-order valence-corrected chi connectivity index (χ0v) is 12.5. The average molecular weight is 296 g/mol. The van der Waals surface area contributed by atoms with Gasteiger partial charge < -0.3 is 15.0 Å². The molecule has 0 atom stereocenters. The average Bonchev–Trinajstić information content (AvgIpc) is 2.61. The van der Waals surface area contributed by atoms with Crippen molar-refractivity contribution in [3.05, 3.63) is 65.7 Å². The molecule has 4 heteroatoms. The van der Waals surface area contributed by atoms with E-state index >= 15 is 0 Å². The van der Waals surface area contributed by atoms with Crippen molar-refractivity contribution in [2.45, 2.75) is 6.61 Å². The number of nitrogens with zero attached hydrogens (tertiary/aromatic N) is 1. The van der Waals surface area contributed by atoms with Crippen LogP contribution in [-0.4, -0.2) is 37.0 Å². The standard InChI is InChI=1S/C18H20N2O2/c21-18(20-11-9-19-10-12-20)16-6-4-5-15(13-16)14-22-17-7-2-1-3-8-17/h1-8,13,19H,9-12,14H2. The summed E-state index contributed by atoms with van der Waals surface area (Å²) in [7, 11) is 0. The minimum absolute atomic E-state index is 0.100. The summed E-state index contributed by atoms with van der Waals surface area (Å²) in [5.41, 5.74) is 1.74. The maximum atomic E-state index is 12.5. The lowest BCUT2D eigenvalue weighted by Gasteiger charge is -2.27. The van der Waals surface area contributed by atoms with Crippen LogP contribution in [0.5, 0.6) is 5.75 Å². The maximum absolute atomic E-state index is 12.5. The molecule has 1 amide bonds. The Hall–Kier alpha value is -2.33. The van der Waals surface area contributed by atoms with Gasteiger partial charge in [0.25, 0.3) is 5.91 Å². The number of para-hydroxylation sites is 1. The number of hydrogen-bond donors (Lipinski definition) is 1. The molecule has 22 heavy (non-hydrogen) atoms. The Morgan fingerprint density at radius 2 is 1.82 bits per heavy atom. The Bertz CT molecular complexity index is 622. The summed E-state index contributed by atoms with van der Waals surface area (Å²) in [6.07, 6.45) is 0. The van der Waals surface area contributed by atoms with Crippen LogP contribution in [0.1, 0.15) is 15.9 Å². The highest BCUT2D eigenvalue weighted by Crippen LogP contribution is 2.14. The molecule has 0 aromatic heterocycles. The number of piperazine rings is 1. The van der Waals surface area contributed by atoms with E-state index in [1.807, 2.05) is 59.5 Å².